The summed E-state index contributed by atoms with van der Waals surface area (Å²) in [5.41, 5.74) is 1.04. The van der Waals surface area contributed by atoms with Gasteiger partial charge in [-0.05, 0) is 37.1 Å². The van der Waals surface area contributed by atoms with Gasteiger partial charge in [0, 0.05) is 24.2 Å². The van der Waals surface area contributed by atoms with Crippen molar-refractivity contribution < 1.29 is 24.0 Å². The van der Waals surface area contributed by atoms with Gasteiger partial charge in [0.25, 0.3) is 11.6 Å². The van der Waals surface area contributed by atoms with Gasteiger partial charge in [0.1, 0.15) is 17.5 Å². The summed E-state index contributed by atoms with van der Waals surface area (Å²) in [5.74, 6) is 0.193. The largest absolute Gasteiger partial charge is 0.497 e. The van der Waals surface area contributed by atoms with E-state index >= 15 is 0 Å². The molecule has 2 N–H and O–H groups in total. The zero-order valence-corrected chi connectivity index (χ0v) is 17.1. The van der Waals surface area contributed by atoms with E-state index in [0.717, 1.165) is 6.42 Å². The van der Waals surface area contributed by atoms with E-state index in [2.05, 4.69) is 10.6 Å². The summed E-state index contributed by atoms with van der Waals surface area (Å²) in [4.78, 5) is 34.7. The standard InChI is InChI=1S/C21H25N3O6/c1-4-11-22-21(26)14(2)23-20(25)13-30-19-10-7-16(24(27)28)12-18(19)15-5-8-17(29-3)9-6-15/h5-10,12,14H,4,11,13H2,1-3H3,(H,22,26)(H,23,25)/t14-/m0/s1. The summed E-state index contributed by atoms with van der Waals surface area (Å²) < 4.78 is 10.7. The first-order valence-corrected chi connectivity index (χ1v) is 9.48. The van der Waals surface area contributed by atoms with Crippen molar-refractivity contribution in [3.05, 3.63) is 52.6 Å². The number of benzene rings is 2. The number of non-ortho nitro benzene ring substituents is 1. The first-order valence-electron chi connectivity index (χ1n) is 9.48. The number of carbonyl (C=O) groups excluding carboxylic acids is 2. The summed E-state index contributed by atoms with van der Waals surface area (Å²) in [6.45, 7) is 3.70. The first kappa shape index (κ1) is 22.7. The lowest BCUT2D eigenvalue weighted by molar-refractivity contribution is -0.384. The van der Waals surface area contributed by atoms with E-state index in [-0.39, 0.29) is 18.2 Å². The lowest BCUT2D eigenvalue weighted by Gasteiger charge is -2.15. The number of nitrogens with one attached hydrogen (secondary N) is 2. The fourth-order valence-electron chi connectivity index (χ4n) is 2.65. The van der Waals surface area contributed by atoms with Gasteiger partial charge in [-0.15, -0.1) is 0 Å². The monoisotopic (exact) mass is 415 g/mol. The Morgan fingerprint density at radius 3 is 2.47 bits per heavy atom. The summed E-state index contributed by atoms with van der Waals surface area (Å²) in [6, 6.07) is 10.4. The minimum atomic E-state index is -0.703. The zero-order valence-electron chi connectivity index (χ0n) is 17.1. The molecule has 0 fully saturated rings. The Morgan fingerprint density at radius 1 is 1.17 bits per heavy atom. The molecule has 0 bridgehead atoms. The molecule has 0 aliphatic heterocycles. The Hall–Kier alpha value is -3.62. The highest BCUT2D eigenvalue weighted by atomic mass is 16.6. The maximum atomic E-state index is 12.2. The molecule has 0 unspecified atom stereocenters. The molecule has 2 rings (SSSR count). The minimum absolute atomic E-state index is 0.0983. The lowest BCUT2D eigenvalue weighted by Crippen LogP contribution is -2.46. The van der Waals surface area contributed by atoms with E-state index in [1.165, 1.54) is 18.2 Å². The molecule has 0 heterocycles. The normalized spacial score (nSPS) is 11.3. The topological polar surface area (TPSA) is 120 Å². The van der Waals surface area contributed by atoms with Crippen LogP contribution < -0.4 is 20.1 Å². The van der Waals surface area contributed by atoms with Crippen LogP contribution in [-0.4, -0.2) is 43.0 Å². The van der Waals surface area contributed by atoms with Crippen LogP contribution in [0.3, 0.4) is 0 Å². The molecule has 1 atom stereocenters. The summed E-state index contributed by atoms with van der Waals surface area (Å²) in [7, 11) is 1.54. The number of nitro groups is 1. The maximum Gasteiger partial charge on any atom is 0.270 e. The van der Waals surface area contributed by atoms with Gasteiger partial charge in [0.2, 0.25) is 5.91 Å². The van der Waals surface area contributed by atoms with Crippen molar-refractivity contribution in [1.82, 2.24) is 10.6 Å². The third-order valence-corrected chi connectivity index (χ3v) is 4.25. The van der Waals surface area contributed by atoms with E-state index in [9.17, 15) is 19.7 Å². The van der Waals surface area contributed by atoms with E-state index < -0.39 is 16.9 Å². The van der Waals surface area contributed by atoms with Gasteiger partial charge in [-0.3, -0.25) is 19.7 Å². The molecule has 0 aliphatic rings. The molecule has 30 heavy (non-hydrogen) atoms. The van der Waals surface area contributed by atoms with Crippen molar-refractivity contribution in [1.29, 1.82) is 0 Å². The molecule has 0 saturated carbocycles. The van der Waals surface area contributed by atoms with Crippen molar-refractivity contribution in [3.63, 3.8) is 0 Å². The van der Waals surface area contributed by atoms with Crippen LogP contribution in [0.15, 0.2) is 42.5 Å². The molecule has 0 radical (unpaired) electrons. The third kappa shape index (κ3) is 6.20. The first-order chi connectivity index (χ1) is 14.3. The van der Waals surface area contributed by atoms with E-state index in [1.54, 1.807) is 38.3 Å². The van der Waals surface area contributed by atoms with Crippen molar-refractivity contribution in [3.8, 4) is 22.6 Å². The minimum Gasteiger partial charge on any atom is -0.497 e. The van der Waals surface area contributed by atoms with Crippen LogP contribution in [0.2, 0.25) is 0 Å². The van der Waals surface area contributed by atoms with Crippen LogP contribution in [0.1, 0.15) is 20.3 Å². The van der Waals surface area contributed by atoms with Gasteiger partial charge in [-0.1, -0.05) is 19.1 Å². The second-order valence-electron chi connectivity index (χ2n) is 6.53. The van der Waals surface area contributed by atoms with E-state index in [0.29, 0.717) is 29.2 Å². The van der Waals surface area contributed by atoms with Gasteiger partial charge < -0.3 is 20.1 Å². The number of amides is 2. The smallest absolute Gasteiger partial charge is 0.270 e. The number of hydrogen-bond acceptors (Lipinski definition) is 6. The maximum absolute atomic E-state index is 12.2. The van der Waals surface area contributed by atoms with Crippen LogP contribution in [0.5, 0.6) is 11.5 Å². The van der Waals surface area contributed by atoms with E-state index in [4.69, 9.17) is 9.47 Å². The number of nitrogens with zero attached hydrogens (tertiary/aromatic N) is 1. The predicted molar refractivity (Wildman–Crippen MR) is 111 cm³/mol. The number of methoxy groups -OCH3 is 1. The molecule has 9 nitrogen and oxygen atoms in total. The lowest BCUT2D eigenvalue weighted by atomic mass is 10.0. The van der Waals surface area contributed by atoms with Gasteiger partial charge in [0.15, 0.2) is 6.61 Å². The number of carbonyl (C=O) groups is 2. The van der Waals surface area contributed by atoms with Gasteiger partial charge in [-0.2, -0.15) is 0 Å². The highest BCUT2D eigenvalue weighted by Crippen LogP contribution is 2.34. The predicted octanol–water partition coefficient (Wildman–Crippen LogP) is 2.68. The van der Waals surface area contributed by atoms with Crippen LogP contribution in [0.4, 0.5) is 5.69 Å². The van der Waals surface area contributed by atoms with Crippen molar-refractivity contribution in [2.45, 2.75) is 26.3 Å². The highest BCUT2D eigenvalue weighted by molar-refractivity contribution is 5.88. The van der Waals surface area contributed by atoms with Gasteiger partial charge >= 0.3 is 0 Å². The number of nitro benzene ring substituents is 1. The van der Waals surface area contributed by atoms with E-state index in [1.807, 2.05) is 6.92 Å². The van der Waals surface area contributed by atoms with Crippen LogP contribution in [0, 0.1) is 10.1 Å². The fourth-order valence-corrected chi connectivity index (χ4v) is 2.65. The SMILES string of the molecule is CCCNC(=O)[C@H](C)NC(=O)COc1ccc([N+](=O)[O-])cc1-c1ccc(OC)cc1. The highest BCUT2D eigenvalue weighted by Gasteiger charge is 2.17. The Morgan fingerprint density at radius 2 is 1.87 bits per heavy atom. The van der Waals surface area contributed by atoms with Crippen molar-refractivity contribution in [2.24, 2.45) is 0 Å². The van der Waals surface area contributed by atoms with Crippen LogP contribution in [-0.2, 0) is 9.59 Å². The van der Waals surface area contributed by atoms with Crippen molar-refractivity contribution in [2.75, 3.05) is 20.3 Å². The average Bonchev–Trinajstić information content (AvgIpc) is 2.75. The zero-order chi connectivity index (χ0) is 22.1. The summed E-state index contributed by atoms with van der Waals surface area (Å²) in [5, 5.41) is 16.4. The fraction of sp³-hybridized carbons (Fsp3) is 0.333. The molecule has 0 spiro atoms. The molecule has 0 saturated heterocycles. The number of hydrogen-bond donors (Lipinski definition) is 2. The van der Waals surface area contributed by atoms with Crippen LogP contribution >= 0.6 is 0 Å². The van der Waals surface area contributed by atoms with Gasteiger partial charge in [-0.25, -0.2) is 0 Å². The molecule has 0 aromatic heterocycles. The number of ether oxygens (including phenoxy) is 2. The Bertz CT molecular complexity index is 898. The molecule has 2 aromatic carbocycles. The molecule has 9 heteroatoms. The average molecular weight is 415 g/mol. The van der Waals surface area contributed by atoms with Gasteiger partial charge in [0.05, 0.1) is 12.0 Å². The molecule has 2 aromatic rings. The molecule has 0 aliphatic carbocycles. The van der Waals surface area contributed by atoms with Crippen LogP contribution in [0.25, 0.3) is 11.1 Å². The van der Waals surface area contributed by atoms with Crippen molar-refractivity contribution >= 4 is 17.5 Å². The Balaban J connectivity index is 2.13. The summed E-state index contributed by atoms with van der Waals surface area (Å²) >= 11 is 0. The molecule has 2 amide bonds. The third-order valence-electron chi connectivity index (χ3n) is 4.25. The second kappa shape index (κ2) is 10.8. The Labute approximate surface area is 174 Å². The summed E-state index contributed by atoms with van der Waals surface area (Å²) in [6.07, 6.45) is 0.795. The molecular weight excluding hydrogens is 390 g/mol. The quantitative estimate of drug-likeness (QED) is 0.455. The molecule has 160 valence electrons. The number of rotatable bonds is 10. The second-order valence-corrected chi connectivity index (χ2v) is 6.53. The molecular formula is C21H25N3O6. The Kier molecular flexibility index (Phi) is 8.16.